The van der Waals surface area contributed by atoms with Gasteiger partial charge in [-0.05, 0) is 28.6 Å². The standard InChI is InChI=1S/C21H31FN2Si/c1-14(2)20-18-10-9-11-19(22)21(18)24(23-20)12-13-25(15(3)4,16(5)6)17(7)8/h9-11,14-17H,1-8H3. The zero-order valence-corrected chi connectivity index (χ0v) is 17.8. The zero-order chi connectivity index (χ0) is 18.9. The molecule has 1 heterocycles. The summed E-state index contributed by atoms with van der Waals surface area (Å²) in [5.74, 6) is -0.0215. The third-order valence-electron chi connectivity index (χ3n) is 5.47. The molecule has 0 aliphatic heterocycles. The molecule has 2 aromatic rings. The Morgan fingerprint density at radius 1 is 0.960 bits per heavy atom. The van der Waals surface area contributed by atoms with Crippen LogP contribution in [0.5, 0.6) is 0 Å². The number of halogens is 1. The van der Waals surface area contributed by atoms with Gasteiger partial charge in [0.2, 0.25) is 0 Å². The van der Waals surface area contributed by atoms with E-state index in [4.69, 9.17) is 0 Å². The Labute approximate surface area is 152 Å². The quantitative estimate of drug-likeness (QED) is 0.461. The molecule has 2 nitrogen and oxygen atoms in total. The third-order valence-corrected chi connectivity index (χ3v) is 11.8. The summed E-state index contributed by atoms with van der Waals surface area (Å²) in [6.45, 7) is 17.8. The Bertz CT molecular complexity index is 785. The van der Waals surface area contributed by atoms with Crippen LogP contribution in [0.4, 0.5) is 4.39 Å². The summed E-state index contributed by atoms with van der Waals surface area (Å²) in [5, 5.41) is 5.53. The highest BCUT2D eigenvalue weighted by atomic mass is 28.3. The predicted molar refractivity (Wildman–Crippen MR) is 108 cm³/mol. The first-order valence-electron chi connectivity index (χ1n) is 9.33. The van der Waals surface area contributed by atoms with E-state index < -0.39 is 8.07 Å². The molecule has 0 saturated carbocycles. The van der Waals surface area contributed by atoms with E-state index in [0.29, 0.717) is 22.1 Å². The summed E-state index contributed by atoms with van der Waals surface area (Å²) in [5.41, 5.74) is 6.68. The maximum Gasteiger partial charge on any atom is 0.150 e. The second kappa shape index (κ2) is 7.33. The summed E-state index contributed by atoms with van der Waals surface area (Å²) < 4.78 is 16.1. The first-order chi connectivity index (χ1) is 11.6. The molecule has 0 aliphatic rings. The number of nitrogens with zero attached hydrogens (tertiary/aromatic N) is 2. The van der Waals surface area contributed by atoms with Crippen LogP contribution in [0, 0.1) is 17.4 Å². The zero-order valence-electron chi connectivity index (χ0n) is 16.8. The summed E-state index contributed by atoms with van der Waals surface area (Å²) in [6.07, 6.45) is 0. The molecule has 136 valence electrons. The van der Waals surface area contributed by atoms with E-state index in [1.807, 2.05) is 6.07 Å². The Balaban J connectivity index is 2.71. The van der Waals surface area contributed by atoms with Crippen LogP contribution < -0.4 is 0 Å². The van der Waals surface area contributed by atoms with Crippen molar-refractivity contribution in [1.29, 1.82) is 0 Å². The lowest BCUT2D eigenvalue weighted by atomic mass is 10.1. The fraction of sp³-hybridized carbons (Fsp3) is 0.571. The van der Waals surface area contributed by atoms with Gasteiger partial charge in [-0.15, -0.1) is 5.54 Å². The van der Waals surface area contributed by atoms with E-state index in [1.54, 1.807) is 10.7 Å². The highest BCUT2D eigenvalue weighted by molar-refractivity contribution is 6.90. The maximum atomic E-state index is 14.5. The van der Waals surface area contributed by atoms with Crippen LogP contribution in [0.15, 0.2) is 18.2 Å². The van der Waals surface area contributed by atoms with E-state index in [2.05, 4.69) is 72.1 Å². The van der Waals surface area contributed by atoms with Gasteiger partial charge in [0.15, 0.2) is 0 Å². The number of rotatable bonds is 4. The van der Waals surface area contributed by atoms with Gasteiger partial charge in [0.05, 0.1) is 5.69 Å². The van der Waals surface area contributed by atoms with Crippen molar-refractivity contribution in [1.82, 2.24) is 9.78 Å². The van der Waals surface area contributed by atoms with Gasteiger partial charge in [0.25, 0.3) is 0 Å². The van der Waals surface area contributed by atoms with Crippen molar-refractivity contribution in [3.63, 3.8) is 0 Å². The number of para-hydroxylation sites is 1. The van der Waals surface area contributed by atoms with Crippen LogP contribution in [-0.2, 0) is 0 Å². The number of hydrogen-bond acceptors (Lipinski definition) is 1. The minimum atomic E-state index is -1.88. The molecule has 0 aliphatic carbocycles. The highest BCUT2D eigenvalue weighted by Gasteiger charge is 2.42. The van der Waals surface area contributed by atoms with Crippen LogP contribution in [0.2, 0.25) is 16.6 Å². The molecule has 0 radical (unpaired) electrons. The lowest BCUT2D eigenvalue weighted by Crippen LogP contribution is -2.43. The lowest BCUT2D eigenvalue weighted by Gasteiger charge is -2.37. The fourth-order valence-corrected chi connectivity index (χ4v) is 9.40. The largest absolute Gasteiger partial charge is 0.205 e. The van der Waals surface area contributed by atoms with E-state index in [-0.39, 0.29) is 11.7 Å². The summed E-state index contributed by atoms with van der Waals surface area (Å²) >= 11 is 0. The summed E-state index contributed by atoms with van der Waals surface area (Å²) in [7, 11) is -1.88. The molecule has 0 saturated heterocycles. The maximum absolute atomic E-state index is 14.5. The smallest absolute Gasteiger partial charge is 0.150 e. The molecule has 1 aromatic heterocycles. The van der Waals surface area contributed by atoms with Gasteiger partial charge in [-0.25, -0.2) is 4.39 Å². The molecule has 2 rings (SSSR count). The molecule has 0 unspecified atom stereocenters. The van der Waals surface area contributed by atoms with E-state index in [1.165, 1.54) is 6.07 Å². The number of fused-ring (bicyclic) bond motifs is 1. The molecule has 0 bridgehead atoms. The van der Waals surface area contributed by atoms with E-state index in [0.717, 1.165) is 11.1 Å². The third kappa shape index (κ3) is 3.39. The lowest BCUT2D eigenvalue weighted by molar-refractivity contribution is 0.632. The van der Waals surface area contributed by atoms with Crippen LogP contribution in [0.25, 0.3) is 10.9 Å². The number of hydrogen-bond donors (Lipinski definition) is 0. The van der Waals surface area contributed by atoms with Gasteiger partial charge in [-0.2, -0.15) is 9.78 Å². The molecular weight excluding hydrogens is 327 g/mol. The molecule has 0 fully saturated rings. The van der Waals surface area contributed by atoms with Gasteiger partial charge in [-0.1, -0.05) is 67.5 Å². The Morgan fingerprint density at radius 3 is 2.00 bits per heavy atom. The van der Waals surface area contributed by atoms with Gasteiger partial charge in [-0.3, -0.25) is 0 Å². The first-order valence-corrected chi connectivity index (χ1v) is 11.6. The average molecular weight is 359 g/mol. The van der Waals surface area contributed by atoms with Gasteiger partial charge in [0.1, 0.15) is 19.4 Å². The van der Waals surface area contributed by atoms with Crippen molar-refractivity contribution >= 4 is 19.0 Å². The highest BCUT2D eigenvalue weighted by Crippen LogP contribution is 2.40. The molecule has 0 N–H and O–H groups in total. The Morgan fingerprint density at radius 2 is 1.52 bits per heavy atom. The summed E-state index contributed by atoms with van der Waals surface area (Å²) in [6, 6.07) is 8.45. The van der Waals surface area contributed by atoms with E-state index >= 15 is 0 Å². The van der Waals surface area contributed by atoms with Crippen molar-refractivity contribution in [3.8, 4) is 11.6 Å². The fourth-order valence-electron chi connectivity index (χ4n) is 4.24. The molecule has 0 atom stereocenters. The topological polar surface area (TPSA) is 17.8 Å². The minimum absolute atomic E-state index is 0.231. The SMILES string of the molecule is CC(C)c1nn(C#C[Si](C(C)C)(C(C)C)C(C)C)c2c(F)cccc12. The average Bonchev–Trinajstić information content (AvgIpc) is 2.87. The molecular formula is C21H31FN2Si. The van der Waals surface area contributed by atoms with Crippen molar-refractivity contribution < 1.29 is 4.39 Å². The number of benzene rings is 1. The molecule has 1 aromatic carbocycles. The van der Waals surface area contributed by atoms with Crippen LogP contribution in [-0.4, -0.2) is 17.9 Å². The van der Waals surface area contributed by atoms with Crippen LogP contribution in [0.3, 0.4) is 0 Å². The number of aromatic nitrogens is 2. The molecule has 0 spiro atoms. The minimum Gasteiger partial charge on any atom is -0.205 e. The molecule has 0 amide bonds. The second-order valence-electron chi connectivity index (χ2n) is 8.22. The van der Waals surface area contributed by atoms with E-state index in [9.17, 15) is 4.39 Å². The van der Waals surface area contributed by atoms with Gasteiger partial charge < -0.3 is 0 Å². The van der Waals surface area contributed by atoms with Crippen molar-refractivity contribution in [2.45, 2.75) is 77.9 Å². The van der Waals surface area contributed by atoms with Gasteiger partial charge >= 0.3 is 0 Å². The molecule has 25 heavy (non-hydrogen) atoms. The van der Waals surface area contributed by atoms with Crippen molar-refractivity contribution in [2.24, 2.45) is 0 Å². The predicted octanol–water partition coefficient (Wildman–Crippen LogP) is 6.33. The van der Waals surface area contributed by atoms with Crippen LogP contribution >= 0.6 is 0 Å². The Hall–Kier alpha value is -1.60. The van der Waals surface area contributed by atoms with Crippen LogP contribution in [0.1, 0.15) is 67.0 Å². The molecule has 4 heteroatoms. The Kier molecular flexibility index (Phi) is 5.78. The summed E-state index contributed by atoms with van der Waals surface area (Å²) in [4.78, 5) is 0. The van der Waals surface area contributed by atoms with Crippen molar-refractivity contribution in [3.05, 3.63) is 29.7 Å². The first kappa shape index (κ1) is 19.7. The van der Waals surface area contributed by atoms with Gasteiger partial charge in [0, 0.05) is 11.4 Å². The monoisotopic (exact) mass is 358 g/mol. The van der Waals surface area contributed by atoms with Crippen molar-refractivity contribution in [2.75, 3.05) is 0 Å². The normalized spacial score (nSPS) is 12.5. The second-order valence-corrected chi connectivity index (χ2v) is 13.8.